The lowest BCUT2D eigenvalue weighted by molar-refractivity contribution is -0.121. The summed E-state index contributed by atoms with van der Waals surface area (Å²) in [5.41, 5.74) is 1.96. The summed E-state index contributed by atoms with van der Waals surface area (Å²) in [5, 5.41) is 11.8. The van der Waals surface area contributed by atoms with Crippen LogP contribution in [0.4, 0.5) is 4.39 Å². The number of carbonyl (C=O) groups excluding carboxylic acids is 1. The Hall–Kier alpha value is -2.67. The molecule has 2 aromatic carbocycles. The molecule has 1 aromatic heterocycles. The Bertz CT molecular complexity index is 944. The quantitative estimate of drug-likeness (QED) is 0.399. The minimum absolute atomic E-state index is 0.00510. The van der Waals surface area contributed by atoms with Gasteiger partial charge in [0.1, 0.15) is 17.5 Å². The zero-order valence-corrected chi connectivity index (χ0v) is 18.7. The van der Waals surface area contributed by atoms with Crippen molar-refractivity contribution in [1.29, 1.82) is 0 Å². The van der Waals surface area contributed by atoms with Gasteiger partial charge in [-0.15, -0.1) is 10.2 Å². The third-order valence-electron chi connectivity index (χ3n) is 4.85. The van der Waals surface area contributed by atoms with Crippen LogP contribution in [0.2, 0.25) is 0 Å². The van der Waals surface area contributed by atoms with Crippen LogP contribution in [0.3, 0.4) is 0 Å². The Morgan fingerprint density at radius 3 is 2.52 bits per heavy atom. The minimum atomic E-state index is -0.273. The van der Waals surface area contributed by atoms with E-state index in [0.717, 1.165) is 60.1 Å². The molecular weight excluding hydrogens is 411 g/mol. The molecule has 0 aliphatic heterocycles. The first-order chi connectivity index (χ1) is 15.2. The second-order valence-corrected chi connectivity index (χ2v) is 8.47. The fourth-order valence-corrected chi connectivity index (χ4v) is 4.05. The first kappa shape index (κ1) is 23.0. The van der Waals surface area contributed by atoms with Crippen LogP contribution in [0.5, 0.6) is 0 Å². The van der Waals surface area contributed by atoms with Crippen LogP contribution in [0, 0.1) is 5.82 Å². The molecule has 0 fully saturated rings. The number of thioether (sulfide) groups is 1. The Labute approximate surface area is 187 Å². The molecule has 3 aromatic rings. The molecule has 0 saturated heterocycles. The smallest absolute Gasteiger partial charge is 0.220 e. The Morgan fingerprint density at radius 2 is 1.77 bits per heavy atom. The molecule has 7 heteroatoms. The number of rotatable bonds is 12. The molecule has 0 unspecified atom stereocenters. The SMILES string of the molecule is CCCSCc1nnc(CCCCC(=O)NCc2ccc(F)cc2)n1-c1ccccc1. The summed E-state index contributed by atoms with van der Waals surface area (Å²) in [4.78, 5) is 12.1. The number of nitrogens with zero attached hydrogens (tertiary/aromatic N) is 3. The maximum Gasteiger partial charge on any atom is 0.220 e. The van der Waals surface area contributed by atoms with E-state index in [1.807, 2.05) is 30.0 Å². The van der Waals surface area contributed by atoms with Crippen molar-refractivity contribution in [3.63, 3.8) is 0 Å². The van der Waals surface area contributed by atoms with Crippen molar-refractivity contribution in [2.45, 2.75) is 51.3 Å². The van der Waals surface area contributed by atoms with E-state index in [-0.39, 0.29) is 11.7 Å². The third-order valence-corrected chi connectivity index (χ3v) is 6.01. The predicted molar refractivity (Wildman–Crippen MR) is 124 cm³/mol. The highest BCUT2D eigenvalue weighted by Gasteiger charge is 2.14. The highest BCUT2D eigenvalue weighted by Crippen LogP contribution is 2.19. The maximum absolute atomic E-state index is 12.9. The number of benzene rings is 2. The van der Waals surface area contributed by atoms with Gasteiger partial charge in [0.25, 0.3) is 0 Å². The van der Waals surface area contributed by atoms with Gasteiger partial charge in [-0.3, -0.25) is 9.36 Å². The molecule has 0 bridgehead atoms. The number of carbonyl (C=O) groups is 1. The zero-order chi connectivity index (χ0) is 21.9. The first-order valence-electron chi connectivity index (χ1n) is 10.7. The lowest BCUT2D eigenvalue weighted by atomic mass is 10.1. The maximum atomic E-state index is 12.9. The van der Waals surface area contributed by atoms with E-state index in [2.05, 4.69) is 39.1 Å². The lowest BCUT2D eigenvalue weighted by Crippen LogP contribution is -2.22. The van der Waals surface area contributed by atoms with Gasteiger partial charge >= 0.3 is 0 Å². The molecule has 164 valence electrons. The van der Waals surface area contributed by atoms with Crippen LogP contribution in [-0.2, 0) is 23.5 Å². The molecule has 5 nitrogen and oxygen atoms in total. The van der Waals surface area contributed by atoms with E-state index in [9.17, 15) is 9.18 Å². The predicted octanol–water partition coefficient (Wildman–Crippen LogP) is 5.08. The van der Waals surface area contributed by atoms with Crippen LogP contribution < -0.4 is 5.32 Å². The van der Waals surface area contributed by atoms with Gasteiger partial charge in [0.05, 0.1) is 5.75 Å². The number of halogens is 1. The molecule has 0 radical (unpaired) electrons. The molecule has 1 amide bonds. The van der Waals surface area contributed by atoms with Crippen LogP contribution >= 0.6 is 11.8 Å². The van der Waals surface area contributed by atoms with Crippen LogP contribution in [-0.4, -0.2) is 26.4 Å². The van der Waals surface area contributed by atoms with E-state index < -0.39 is 0 Å². The molecule has 1 heterocycles. The summed E-state index contributed by atoms with van der Waals surface area (Å²) in [6.45, 7) is 2.59. The van der Waals surface area contributed by atoms with Gasteiger partial charge in [0, 0.05) is 25.1 Å². The number of unbranched alkanes of at least 4 members (excludes halogenated alkanes) is 1. The van der Waals surface area contributed by atoms with E-state index >= 15 is 0 Å². The van der Waals surface area contributed by atoms with Crippen molar-refractivity contribution in [1.82, 2.24) is 20.1 Å². The Kier molecular flexibility index (Phi) is 9.09. The van der Waals surface area contributed by atoms with Crippen LogP contribution in [0.1, 0.15) is 49.8 Å². The largest absolute Gasteiger partial charge is 0.352 e. The van der Waals surface area contributed by atoms with Gasteiger partial charge in [-0.2, -0.15) is 11.8 Å². The van der Waals surface area contributed by atoms with Crippen LogP contribution in [0.25, 0.3) is 5.69 Å². The average Bonchev–Trinajstić information content (AvgIpc) is 3.20. The third kappa shape index (κ3) is 7.21. The fourth-order valence-electron chi connectivity index (χ4n) is 3.25. The van der Waals surface area contributed by atoms with Gasteiger partial charge in [-0.1, -0.05) is 37.3 Å². The highest BCUT2D eigenvalue weighted by atomic mass is 32.2. The van der Waals surface area contributed by atoms with Crippen molar-refractivity contribution in [3.8, 4) is 5.69 Å². The number of nitrogens with one attached hydrogen (secondary N) is 1. The molecule has 0 aliphatic rings. The van der Waals surface area contributed by atoms with Gasteiger partial charge in [-0.05, 0) is 54.8 Å². The van der Waals surface area contributed by atoms with E-state index in [4.69, 9.17) is 0 Å². The van der Waals surface area contributed by atoms with Crippen molar-refractivity contribution < 1.29 is 9.18 Å². The first-order valence-corrected chi connectivity index (χ1v) is 11.9. The van der Waals surface area contributed by atoms with Gasteiger partial charge in [-0.25, -0.2) is 4.39 Å². The number of para-hydroxylation sites is 1. The summed E-state index contributed by atoms with van der Waals surface area (Å²) in [5.74, 6) is 3.57. The van der Waals surface area contributed by atoms with Gasteiger partial charge in [0.2, 0.25) is 5.91 Å². The second-order valence-electron chi connectivity index (χ2n) is 7.37. The monoisotopic (exact) mass is 440 g/mol. The lowest BCUT2D eigenvalue weighted by Gasteiger charge is -2.10. The van der Waals surface area contributed by atoms with E-state index in [1.165, 1.54) is 12.1 Å². The van der Waals surface area contributed by atoms with Crippen molar-refractivity contribution in [3.05, 3.63) is 77.6 Å². The summed E-state index contributed by atoms with van der Waals surface area (Å²) in [6, 6.07) is 16.4. The standard InChI is InChI=1S/C24H29FN4OS/c1-2-16-31-18-23-28-27-22(29(23)21-8-4-3-5-9-21)10-6-7-11-24(30)26-17-19-12-14-20(25)15-13-19/h3-5,8-9,12-15H,2,6-7,10-11,16-18H2,1H3,(H,26,30). The molecule has 0 atom stereocenters. The Morgan fingerprint density at radius 1 is 1.03 bits per heavy atom. The van der Waals surface area contributed by atoms with Crippen molar-refractivity contribution >= 4 is 17.7 Å². The van der Waals surface area contributed by atoms with Crippen LogP contribution in [0.15, 0.2) is 54.6 Å². The Balaban J connectivity index is 1.50. The van der Waals surface area contributed by atoms with Crippen molar-refractivity contribution in [2.75, 3.05) is 5.75 Å². The molecular formula is C24H29FN4OS. The minimum Gasteiger partial charge on any atom is -0.352 e. The molecule has 0 aliphatic carbocycles. The summed E-state index contributed by atoms with van der Waals surface area (Å²) < 4.78 is 15.1. The number of aryl methyl sites for hydroxylation is 1. The summed E-state index contributed by atoms with van der Waals surface area (Å²) in [6.07, 6.45) is 4.00. The number of hydrogen-bond acceptors (Lipinski definition) is 4. The highest BCUT2D eigenvalue weighted by molar-refractivity contribution is 7.98. The van der Waals surface area contributed by atoms with E-state index in [1.54, 1.807) is 12.1 Å². The van der Waals surface area contributed by atoms with Crippen molar-refractivity contribution in [2.24, 2.45) is 0 Å². The normalized spacial score (nSPS) is 10.9. The topological polar surface area (TPSA) is 59.8 Å². The zero-order valence-electron chi connectivity index (χ0n) is 17.9. The van der Waals surface area contributed by atoms with Gasteiger partial charge < -0.3 is 5.32 Å². The fraction of sp³-hybridized carbons (Fsp3) is 0.375. The summed E-state index contributed by atoms with van der Waals surface area (Å²) in [7, 11) is 0. The summed E-state index contributed by atoms with van der Waals surface area (Å²) >= 11 is 1.87. The molecule has 0 spiro atoms. The number of aromatic nitrogens is 3. The molecule has 3 rings (SSSR count). The van der Waals surface area contributed by atoms with Gasteiger partial charge in [0.15, 0.2) is 0 Å². The number of hydrogen-bond donors (Lipinski definition) is 1. The second kappa shape index (κ2) is 12.2. The molecule has 1 N–H and O–H groups in total. The molecule has 31 heavy (non-hydrogen) atoms. The molecule has 0 saturated carbocycles. The van der Waals surface area contributed by atoms with E-state index in [0.29, 0.717) is 13.0 Å². The number of amides is 1. The average molecular weight is 441 g/mol.